The number of benzene rings is 1. The second-order valence-corrected chi connectivity index (χ2v) is 5.84. The number of fused-ring (bicyclic) bond motifs is 1. The van der Waals surface area contributed by atoms with Gasteiger partial charge in [0, 0.05) is 36.6 Å². The average molecular weight is 336 g/mol. The first-order valence-electron chi connectivity index (χ1n) is 8.11. The van der Waals surface area contributed by atoms with Gasteiger partial charge in [0.25, 0.3) is 5.69 Å². The van der Waals surface area contributed by atoms with Gasteiger partial charge in [0.1, 0.15) is 17.2 Å². The van der Waals surface area contributed by atoms with Crippen LogP contribution < -0.4 is 5.32 Å². The van der Waals surface area contributed by atoms with Gasteiger partial charge < -0.3 is 5.32 Å². The molecule has 2 aromatic heterocycles. The number of rotatable bonds is 3. The smallest absolute Gasteiger partial charge is 0.269 e. The lowest BCUT2D eigenvalue weighted by molar-refractivity contribution is -0.384. The normalized spacial score (nSPS) is 13.6. The molecule has 0 saturated carbocycles. The quantitative estimate of drug-likeness (QED) is 0.583. The van der Waals surface area contributed by atoms with Gasteiger partial charge in [-0.1, -0.05) is 0 Å². The van der Waals surface area contributed by atoms with E-state index in [1.54, 1.807) is 35.4 Å². The minimum absolute atomic E-state index is 0.0594. The third kappa shape index (κ3) is 2.82. The Kier molecular flexibility index (Phi) is 3.85. The number of nitrogens with one attached hydrogen (secondary N) is 1. The van der Waals surface area contributed by atoms with Gasteiger partial charge in [0.05, 0.1) is 16.8 Å². The highest BCUT2D eigenvalue weighted by Crippen LogP contribution is 2.33. The summed E-state index contributed by atoms with van der Waals surface area (Å²) in [6, 6.07) is 6.39. The van der Waals surface area contributed by atoms with Crippen LogP contribution in [0.25, 0.3) is 17.1 Å². The van der Waals surface area contributed by atoms with Gasteiger partial charge in [-0.2, -0.15) is 5.10 Å². The van der Waals surface area contributed by atoms with Crippen molar-refractivity contribution in [2.75, 3.05) is 11.9 Å². The van der Waals surface area contributed by atoms with Crippen molar-refractivity contribution in [3.05, 3.63) is 58.5 Å². The van der Waals surface area contributed by atoms with Gasteiger partial charge in [-0.3, -0.25) is 20.1 Å². The summed E-state index contributed by atoms with van der Waals surface area (Å²) in [5.41, 5.74) is 3.46. The van der Waals surface area contributed by atoms with E-state index in [1.165, 1.54) is 12.1 Å². The van der Waals surface area contributed by atoms with Crippen LogP contribution in [-0.2, 0) is 6.42 Å². The monoisotopic (exact) mass is 336 g/mol. The van der Waals surface area contributed by atoms with Crippen LogP contribution in [0.15, 0.2) is 42.9 Å². The van der Waals surface area contributed by atoms with Gasteiger partial charge >= 0.3 is 0 Å². The molecule has 0 spiro atoms. The topological polar surface area (TPSA) is 98.8 Å². The molecule has 1 aliphatic rings. The molecule has 1 aliphatic heterocycles. The van der Waals surface area contributed by atoms with Crippen molar-refractivity contribution in [1.82, 2.24) is 19.7 Å². The van der Waals surface area contributed by atoms with Crippen LogP contribution in [0.1, 0.15) is 18.4 Å². The molecular weight excluding hydrogens is 320 g/mol. The summed E-state index contributed by atoms with van der Waals surface area (Å²) in [5, 5.41) is 19.0. The van der Waals surface area contributed by atoms with E-state index in [0.29, 0.717) is 0 Å². The van der Waals surface area contributed by atoms with Crippen molar-refractivity contribution in [2.45, 2.75) is 19.3 Å². The summed E-state index contributed by atoms with van der Waals surface area (Å²) in [6.45, 7) is 0.867. The Balaban J connectivity index is 1.85. The van der Waals surface area contributed by atoms with E-state index < -0.39 is 4.92 Å². The molecule has 4 rings (SSSR count). The van der Waals surface area contributed by atoms with E-state index in [1.807, 2.05) is 0 Å². The molecule has 0 fully saturated rings. The third-order valence-corrected chi connectivity index (χ3v) is 4.24. The van der Waals surface area contributed by atoms with Crippen LogP contribution in [0, 0.1) is 10.1 Å². The van der Waals surface area contributed by atoms with Crippen LogP contribution >= 0.6 is 0 Å². The molecule has 0 radical (unpaired) electrons. The van der Waals surface area contributed by atoms with E-state index in [0.717, 1.165) is 54.3 Å². The van der Waals surface area contributed by atoms with Crippen LogP contribution in [0.3, 0.4) is 0 Å². The molecule has 1 aromatic carbocycles. The minimum atomic E-state index is -0.406. The van der Waals surface area contributed by atoms with Gasteiger partial charge in [-0.05, 0) is 31.4 Å². The first-order valence-corrected chi connectivity index (χ1v) is 8.11. The van der Waals surface area contributed by atoms with Crippen LogP contribution in [0.5, 0.6) is 0 Å². The molecule has 25 heavy (non-hydrogen) atoms. The summed E-state index contributed by atoms with van der Waals surface area (Å²) >= 11 is 0. The van der Waals surface area contributed by atoms with Crippen molar-refractivity contribution in [1.29, 1.82) is 0 Å². The van der Waals surface area contributed by atoms with Gasteiger partial charge in [0.15, 0.2) is 0 Å². The number of hydrogen-bond acceptors (Lipinski definition) is 6. The fourth-order valence-corrected chi connectivity index (χ4v) is 3.03. The first-order chi connectivity index (χ1) is 12.2. The van der Waals surface area contributed by atoms with Crippen molar-refractivity contribution in [2.24, 2.45) is 0 Å². The summed E-state index contributed by atoms with van der Waals surface area (Å²) in [7, 11) is 0. The summed E-state index contributed by atoms with van der Waals surface area (Å²) in [6.07, 6.45) is 8.04. The maximum atomic E-state index is 10.9. The Hall–Kier alpha value is -3.29. The molecular formula is C17H16N6O2. The summed E-state index contributed by atoms with van der Waals surface area (Å²) < 4.78 is 1.80. The Morgan fingerprint density at radius 1 is 1.16 bits per heavy atom. The van der Waals surface area contributed by atoms with Crippen LogP contribution in [0.4, 0.5) is 11.5 Å². The second kappa shape index (κ2) is 6.31. The second-order valence-electron chi connectivity index (χ2n) is 5.84. The predicted molar refractivity (Wildman–Crippen MR) is 92.7 cm³/mol. The fraction of sp³-hybridized carbons (Fsp3) is 0.235. The van der Waals surface area contributed by atoms with Gasteiger partial charge in [0.2, 0.25) is 0 Å². The highest BCUT2D eigenvalue weighted by molar-refractivity contribution is 5.68. The molecule has 3 heterocycles. The maximum Gasteiger partial charge on any atom is 0.269 e. The van der Waals surface area contributed by atoms with E-state index in [4.69, 9.17) is 5.10 Å². The molecule has 0 atom stereocenters. The highest BCUT2D eigenvalue weighted by atomic mass is 16.6. The number of aromatic nitrogens is 4. The molecule has 8 heteroatoms. The highest BCUT2D eigenvalue weighted by Gasteiger charge is 2.22. The number of non-ortho nitro benzene ring substituents is 1. The number of nitro groups is 1. The molecule has 0 saturated heterocycles. The lowest BCUT2D eigenvalue weighted by Crippen LogP contribution is -2.07. The van der Waals surface area contributed by atoms with E-state index >= 15 is 0 Å². The van der Waals surface area contributed by atoms with Crippen LogP contribution in [0.2, 0.25) is 0 Å². The molecule has 3 aromatic rings. The summed E-state index contributed by atoms with van der Waals surface area (Å²) in [4.78, 5) is 19.0. The van der Waals surface area contributed by atoms with Gasteiger partial charge in [-0.25, -0.2) is 4.68 Å². The molecule has 0 amide bonds. The molecule has 0 aliphatic carbocycles. The van der Waals surface area contributed by atoms with Crippen molar-refractivity contribution in [3.8, 4) is 17.1 Å². The van der Waals surface area contributed by atoms with Crippen molar-refractivity contribution >= 4 is 11.5 Å². The van der Waals surface area contributed by atoms with Gasteiger partial charge in [-0.15, -0.1) is 0 Å². The lowest BCUT2D eigenvalue weighted by atomic mass is 10.1. The SMILES string of the molecule is O=[N+]([O-])c1ccc(-n2nc(-c3cnccn3)c3c2NCCCC3)cc1. The molecule has 0 unspecified atom stereocenters. The zero-order chi connectivity index (χ0) is 17.2. The van der Waals surface area contributed by atoms with E-state index in [2.05, 4.69) is 15.3 Å². The molecule has 8 nitrogen and oxygen atoms in total. The van der Waals surface area contributed by atoms with Crippen LogP contribution in [-0.4, -0.2) is 31.2 Å². The maximum absolute atomic E-state index is 10.9. The van der Waals surface area contributed by atoms with Crippen molar-refractivity contribution < 1.29 is 4.92 Å². The minimum Gasteiger partial charge on any atom is -0.370 e. The predicted octanol–water partition coefficient (Wildman–Crippen LogP) is 2.99. The molecule has 126 valence electrons. The first kappa shape index (κ1) is 15.3. The zero-order valence-corrected chi connectivity index (χ0v) is 13.4. The largest absolute Gasteiger partial charge is 0.370 e. The third-order valence-electron chi connectivity index (χ3n) is 4.24. The number of nitro benzene ring substituents is 1. The standard InChI is InChI=1S/C17H16N6O2/c24-23(25)13-6-4-12(5-7-13)22-17-14(3-1-2-8-20-17)16(21-22)15-11-18-9-10-19-15/h4-7,9-11,20H,1-3,8H2. The average Bonchev–Trinajstić information content (AvgIpc) is 2.84. The fourth-order valence-electron chi connectivity index (χ4n) is 3.03. The Labute approximate surface area is 143 Å². The van der Waals surface area contributed by atoms with Crippen molar-refractivity contribution in [3.63, 3.8) is 0 Å². The number of hydrogen-bond donors (Lipinski definition) is 1. The molecule has 1 N–H and O–H groups in total. The van der Waals surface area contributed by atoms with E-state index in [-0.39, 0.29) is 5.69 Å². The van der Waals surface area contributed by atoms with E-state index in [9.17, 15) is 10.1 Å². The Bertz CT molecular complexity index is 905. The summed E-state index contributed by atoms with van der Waals surface area (Å²) in [5.74, 6) is 0.923. The number of nitrogens with zero attached hydrogens (tertiary/aromatic N) is 5. The lowest BCUT2D eigenvalue weighted by Gasteiger charge is -2.09. The number of anilines is 1. The Morgan fingerprint density at radius 2 is 2.00 bits per heavy atom. The molecule has 0 bridgehead atoms. The Morgan fingerprint density at radius 3 is 2.72 bits per heavy atom. The zero-order valence-electron chi connectivity index (χ0n) is 13.4.